The van der Waals surface area contributed by atoms with Gasteiger partial charge < -0.3 is 9.84 Å². The van der Waals surface area contributed by atoms with Crippen molar-refractivity contribution in [3.05, 3.63) is 53.6 Å². The lowest BCUT2D eigenvalue weighted by molar-refractivity contribution is -0.149. The van der Waals surface area contributed by atoms with Crippen LogP contribution in [0.1, 0.15) is 32.8 Å². The number of hydrogen-bond acceptors (Lipinski definition) is 4. The van der Waals surface area contributed by atoms with Gasteiger partial charge in [0.15, 0.2) is 5.78 Å². The van der Waals surface area contributed by atoms with Crippen molar-refractivity contribution >= 4 is 17.8 Å². The van der Waals surface area contributed by atoms with Crippen molar-refractivity contribution in [2.75, 3.05) is 0 Å². The lowest BCUT2D eigenvalue weighted by atomic mass is 9.80. The number of ketones is 1. The molecule has 0 aromatic heterocycles. The zero-order chi connectivity index (χ0) is 17.0. The summed E-state index contributed by atoms with van der Waals surface area (Å²) in [4.78, 5) is 24.0. The van der Waals surface area contributed by atoms with Gasteiger partial charge in [-0.25, -0.2) is 4.79 Å². The molecule has 0 saturated heterocycles. The van der Waals surface area contributed by atoms with Crippen LogP contribution in [0.3, 0.4) is 0 Å². The average molecular weight is 314 g/mol. The van der Waals surface area contributed by atoms with Crippen molar-refractivity contribution < 1.29 is 19.4 Å². The molecule has 2 rings (SSSR count). The normalized spacial score (nSPS) is 24.2. The molecule has 0 saturated carbocycles. The molecule has 1 aliphatic rings. The monoisotopic (exact) mass is 314 g/mol. The van der Waals surface area contributed by atoms with Crippen LogP contribution in [0.25, 0.3) is 6.08 Å². The maximum absolute atomic E-state index is 12.0. The van der Waals surface area contributed by atoms with Crippen LogP contribution in [0.5, 0.6) is 0 Å². The SMILES string of the molecule is CC1=CC(OC(=O)/C=C/c2ccccc2)C(O)C(C)(C)CC1=O. The average Bonchev–Trinajstić information content (AvgIpc) is 2.57. The Hall–Kier alpha value is -2.20. The zero-order valence-electron chi connectivity index (χ0n) is 13.7. The molecule has 0 bridgehead atoms. The molecule has 1 aromatic rings. The number of benzene rings is 1. The van der Waals surface area contributed by atoms with Gasteiger partial charge in [0.1, 0.15) is 12.2 Å². The summed E-state index contributed by atoms with van der Waals surface area (Å²) in [7, 11) is 0. The molecule has 1 aliphatic carbocycles. The van der Waals surface area contributed by atoms with Crippen LogP contribution in [0.15, 0.2) is 48.1 Å². The van der Waals surface area contributed by atoms with Crippen molar-refractivity contribution in [1.29, 1.82) is 0 Å². The third kappa shape index (κ3) is 4.39. The second kappa shape index (κ2) is 6.92. The van der Waals surface area contributed by atoms with Crippen molar-refractivity contribution in [2.45, 2.75) is 39.4 Å². The van der Waals surface area contributed by atoms with Gasteiger partial charge in [0.2, 0.25) is 0 Å². The van der Waals surface area contributed by atoms with Crippen LogP contribution < -0.4 is 0 Å². The second-order valence-corrected chi connectivity index (χ2v) is 6.53. The van der Waals surface area contributed by atoms with Gasteiger partial charge in [-0.05, 0) is 30.2 Å². The second-order valence-electron chi connectivity index (χ2n) is 6.53. The highest BCUT2D eigenvalue weighted by molar-refractivity contribution is 5.96. The summed E-state index contributed by atoms with van der Waals surface area (Å²) in [5, 5.41) is 10.4. The van der Waals surface area contributed by atoms with E-state index in [9.17, 15) is 14.7 Å². The van der Waals surface area contributed by atoms with Crippen molar-refractivity contribution in [3.8, 4) is 0 Å². The molecular formula is C19H22O4. The van der Waals surface area contributed by atoms with Crippen LogP contribution in [0.2, 0.25) is 0 Å². The summed E-state index contributed by atoms with van der Waals surface area (Å²) in [5.41, 5.74) is 0.743. The third-order valence-electron chi connectivity index (χ3n) is 4.05. The predicted octanol–water partition coefficient (Wildman–Crippen LogP) is 2.92. The highest BCUT2D eigenvalue weighted by Gasteiger charge is 2.39. The standard InChI is InChI=1S/C19H22O4/c1-13-11-16(18(22)19(2,3)12-15(13)20)23-17(21)10-9-14-7-5-4-6-8-14/h4-11,16,18,22H,12H2,1-3H3/b10-9+. The number of ether oxygens (including phenoxy) is 1. The Bertz CT molecular complexity index is 641. The van der Waals surface area contributed by atoms with Crippen LogP contribution in [-0.2, 0) is 14.3 Å². The summed E-state index contributed by atoms with van der Waals surface area (Å²) in [5.74, 6) is -0.584. The van der Waals surface area contributed by atoms with Gasteiger partial charge in [-0.15, -0.1) is 0 Å². The molecule has 0 aliphatic heterocycles. The molecule has 4 nitrogen and oxygen atoms in total. The molecule has 0 fully saturated rings. The molecule has 2 unspecified atom stereocenters. The quantitative estimate of drug-likeness (QED) is 0.688. The number of rotatable bonds is 3. The smallest absolute Gasteiger partial charge is 0.331 e. The first-order valence-electron chi connectivity index (χ1n) is 7.63. The van der Waals surface area contributed by atoms with E-state index in [1.807, 2.05) is 30.3 Å². The van der Waals surface area contributed by atoms with Gasteiger partial charge in [-0.3, -0.25) is 4.79 Å². The lowest BCUT2D eigenvalue weighted by Crippen LogP contribution is -2.40. The first kappa shape index (κ1) is 17.2. The van der Waals surface area contributed by atoms with E-state index in [-0.39, 0.29) is 12.2 Å². The van der Waals surface area contributed by atoms with Crippen molar-refractivity contribution in [3.63, 3.8) is 0 Å². The summed E-state index contributed by atoms with van der Waals surface area (Å²) in [6.45, 7) is 5.27. The summed E-state index contributed by atoms with van der Waals surface area (Å²) >= 11 is 0. The molecule has 0 spiro atoms. The molecule has 0 heterocycles. The van der Waals surface area contributed by atoms with Crippen LogP contribution in [-0.4, -0.2) is 29.1 Å². The maximum Gasteiger partial charge on any atom is 0.331 e. The van der Waals surface area contributed by atoms with E-state index in [0.717, 1.165) is 5.56 Å². The summed E-state index contributed by atoms with van der Waals surface area (Å²) in [6.07, 6.45) is 2.98. The first-order chi connectivity index (χ1) is 10.8. The van der Waals surface area contributed by atoms with E-state index in [1.54, 1.807) is 26.8 Å². The van der Waals surface area contributed by atoms with E-state index in [0.29, 0.717) is 5.57 Å². The van der Waals surface area contributed by atoms with Crippen molar-refractivity contribution in [1.82, 2.24) is 0 Å². The minimum absolute atomic E-state index is 0.0348. The Morgan fingerprint density at radius 1 is 1.30 bits per heavy atom. The van der Waals surface area contributed by atoms with Gasteiger partial charge in [0, 0.05) is 17.9 Å². The third-order valence-corrected chi connectivity index (χ3v) is 4.05. The molecule has 2 atom stereocenters. The number of allylic oxidation sites excluding steroid dienone is 1. The van der Waals surface area contributed by atoms with Crippen LogP contribution in [0.4, 0.5) is 0 Å². The number of aliphatic hydroxyl groups excluding tert-OH is 1. The molecule has 4 heteroatoms. The molecule has 0 radical (unpaired) electrons. The summed E-state index contributed by atoms with van der Waals surface area (Å²) in [6, 6.07) is 9.39. The molecule has 23 heavy (non-hydrogen) atoms. The fourth-order valence-electron chi connectivity index (χ4n) is 2.53. The number of esters is 1. The van der Waals surface area contributed by atoms with Gasteiger partial charge in [0.05, 0.1) is 0 Å². The largest absolute Gasteiger partial charge is 0.452 e. The summed E-state index contributed by atoms with van der Waals surface area (Å²) < 4.78 is 5.36. The van der Waals surface area contributed by atoms with Gasteiger partial charge in [-0.2, -0.15) is 0 Å². The maximum atomic E-state index is 12.0. The number of aliphatic hydroxyl groups is 1. The Morgan fingerprint density at radius 3 is 2.61 bits per heavy atom. The molecule has 122 valence electrons. The number of carbonyl (C=O) groups excluding carboxylic acids is 2. The predicted molar refractivity (Wildman–Crippen MR) is 88.5 cm³/mol. The Morgan fingerprint density at radius 2 is 1.96 bits per heavy atom. The minimum Gasteiger partial charge on any atom is -0.452 e. The van der Waals surface area contributed by atoms with Gasteiger partial charge in [0.25, 0.3) is 0 Å². The Labute approximate surface area is 136 Å². The van der Waals surface area contributed by atoms with Crippen molar-refractivity contribution in [2.24, 2.45) is 5.41 Å². The van der Waals surface area contributed by atoms with Crippen LogP contribution >= 0.6 is 0 Å². The van der Waals surface area contributed by atoms with E-state index < -0.39 is 23.6 Å². The number of hydrogen-bond donors (Lipinski definition) is 1. The number of carbonyl (C=O) groups is 2. The highest BCUT2D eigenvalue weighted by atomic mass is 16.6. The highest BCUT2D eigenvalue weighted by Crippen LogP contribution is 2.33. The topological polar surface area (TPSA) is 63.6 Å². The van der Waals surface area contributed by atoms with Crippen LogP contribution in [0, 0.1) is 5.41 Å². The van der Waals surface area contributed by atoms with E-state index in [4.69, 9.17) is 4.74 Å². The fourth-order valence-corrected chi connectivity index (χ4v) is 2.53. The van der Waals surface area contributed by atoms with Gasteiger partial charge in [-0.1, -0.05) is 44.2 Å². The van der Waals surface area contributed by atoms with Gasteiger partial charge >= 0.3 is 5.97 Å². The lowest BCUT2D eigenvalue weighted by Gasteiger charge is -2.31. The number of Topliss-reactive ketones (excluding diaryl/α,β-unsaturated/α-hetero) is 1. The van der Waals surface area contributed by atoms with E-state index in [1.165, 1.54) is 12.2 Å². The molecule has 0 amide bonds. The first-order valence-corrected chi connectivity index (χ1v) is 7.63. The minimum atomic E-state index is -0.932. The Kier molecular flexibility index (Phi) is 5.16. The molecule has 1 aromatic carbocycles. The van der Waals surface area contributed by atoms with E-state index >= 15 is 0 Å². The molecule has 1 N–H and O–H groups in total. The molecular weight excluding hydrogens is 292 g/mol. The zero-order valence-corrected chi connectivity index (χ0v) is 13.7. The fraction of sp³-hybridized carbons (Fsp3) is 0.368. The van der Waals surface area contributed by atoms with E-state index in [2.05, 4.69) is 0 Å². The Balaban J connectivity index is 2.12.